The lowest BCUT2D eigenvalue weighted by atomic mass is 9.80. The Kier molecular flexibility index (Phi) is 17.8. The molecule has 1 amide bonds. The fraction of sp³-hybridized carbons (Fsp3) is 0.513. The number of aliphatic carboxylic acids is 2. The van der Waals surface area contributed by atoms with Crippen LogP contribution in [-0.2, 0) is 39.5 Å². The first-order valence-electron chi connectivity index (χ1n) is 18.8. The lowest BCUT2D eigenvalue weighted by Gasteiger charge is -2.47. The molecule has 3 aromatic rings. The van der Waals surface area contributed by atoms with Gasteiger partial charge in [0.05, 0.1) is 60.1 Å². The zero-order chi connectivity index (χ0) is 44.7. The van der Waals surface area contributed by atoms with Crippen molar-refractivity contribution < 1.29 is 70.3 Å². The van der Waals surface area contributed by atoms with Gasteiger partial charge < -0.3 is 35.3 Å². The molecule has 0 saturated heterocycles. The van der Waals surface area contributed by atoms with Crippen molar-refractivity contribution in [2.45, 2.75) is 101 Å². The quantitative estimate of drug-likeness (QED) is 0.0672. The van der Waals surface area contributed by atoms with Crippen molar-refractivity contribution in [2.75, 3.05) is 31.8 Å². The highest BCUT2D eigenvalue weighted by Gasteiger charge is 2.50. The number of carbonyl (C=O) groups is 3. The van der Waals surface area contributed by atoms with E-state index in [1.807, 2.05) is 6.07 Å². The number of rotatable bonds is 19. The summed E-state index contributed by atoms with van der Waals surface area (Å²) < 4.78 is 97.5. The van der Waals surface area contributed by atoms with Crippen molar-refractivity contribution in [1.29, 1.82) is 5.26 Å². The maximum absolute atomic E-state index is 13.6. The molecule has 0 saturated carbocycles. The number of alkyl halides is 6. The Morgan fingerprint density at radius 1 is 0.917 bits per heavy atom. The van der Waals surface area contributed by atoms with Gasteiger partial charge in [0.2, 0.25) is 5.88 Å². The summed E-state index contributed by atoms with van der Waals surface area (Å²) in [5.41, 5.74) is 2.23. The van der Waals surface area contributed by atoms with E-state index < -0.39 is 59.5 Å². The summed E-state index contributed by atoms with van der Waals surface area (Å²) in [5.74, 6) is -2.38. The second-order valence-corrected chi connectivity index (χ2v) is 13.6. The van der Waals surface area contributed by atoms with E-state index in [-0.39, 0.29) is 85.6 Å². The second-order valence-electron chi connectivity index (χ2n) is 13.6. The van der Waals surface area contributed by atoms with E-state index in [0.29, 0.717) is 43.9 Å². The summed E-state index contributed by atoms with van der Waals surface area (Å²) in [5, 5.41) is 35.7. The van der Waals surface area contributed by atoms with Crippen molar-refractivity contribution in [2.24, 2.45) is 5.73 Å². The predicted octanol–water partition coefficient (Wildman–Crippen LogP) is 7.59. The number of nitriles is 1. The number of methoxy groups -OCH3 is 1. The fourth-order valence-corrected chi connectivity index (χ4v) is 6.24. The lowest BCUT2D eigenvalue weighted by Crippen LogP contribution is -2.64. The van der Waals surface area contributed by atoms with Gasteiger partial charge in [-0.25, -0.2) is 19.7 Å². The van der Waals surface area contributed by atoms with Gasteiger partial charge in [-0.05, 0) is 68.4 Å². The molecule has 21 heteroatoms. The number of pyridine rings is 1. The standard InChI is InChI=1S/C29H28F6N6O4.C10H18O5/c1-3-27(37)19(14-20-22(41(27)26(42)43)6-7-24(39-20)44-2)25-38-15-23(45-9-5-4-8-36)21(40-25)12-16-10-17(28(30,31)32)13-18(11-16)29(33,34)35;11-9(12)5-1-3-7-15-8-4-2-6-10(13)14/h6-7,10-11,13,15,19H,3-5,9,12,14,37H2,1-2H3,(H,42,43);1-8H2,(H,11,12)(H,13,14). The van der Waals surface area contributed by atoms with Crippen molar-refractivity contribution in [3.8, 4) is 17.7 Å². The van der Waals surface area contributed by atoms with Crippen molar-refractivity contribution in [3.63, 3.8) is 0 Å². The molecule has 0 radical (unpaired) electrons. The van der Waals surface area contributed by atoms with Gasteiger partial charge in [-0.3, -0.25) is 14.5 Å². The van der Waals surface area contributed by atoms with Crippen LogP contribution in [-0.4, -0.2) is 80.9 Å². The van der Waals surface area contributed by atoms with Gasteiger partial charge in [-0.2, -0.15) is 31.6 Å². The van der Waals surface area contributed by atoms with Crippen LogP contribution in [0, 0.1) is 11.3 Å². The average Bonchev–Trinajstić information content (AvgIpc) is 3.18. The number of nitrogens with two attached hydrogens (primary N) is 1. The molecule has 1 aliphatic heterocycles. The van der Waals surface area contributed by atoms with Gasteiger partial charge in [-0.1, -0.05) is 6.92 Å². The summed E-state index contributed by atoms with van der Waals surface area (Å²) >= 11 is 0. The summed E-state index contributed by atoms with van der Waals surface area (Å²) in [7, 11) is 1.38. The minimum absolute atomic E-state index is 0.0112. The van der Waals surface area contributed by atoms with Crippen molar-refractivity contribution in [3.05, 3.63) is 70.4 Å². The van der Waals surface area contributed by atoms with E-state index in [4.69, 9.17) is 35.4 Å². The predicted molar refractivity (Wildman–Crippen MR) is 200 cm³/mol. The largest absolute Gasteiger partial charge is 0.490 e. The number of anilines is 1. The number of carboxylic acids is 2. The number of benzene rings is 1. The minimum Gasteiger partial charge on any atom is -0.490 e. The molecule has 328 valence electrons. The number of unbranched alkanes of at least 4 members (excludes halogenated alkanes) is 3. The Labute approximate surface area is 341 Å². The number of nitrogens with zero attached hydrogens (tertiary/aromatic N) is 5. The highest BCUT2D eigenvalue weighted by molar-refractivity contribution is 5.89. The average molecular weight is 857 g/mol. The number of amides is 1. The molecule has 60 heavy (non-hydrogen) atoms. The van der Waals surface area contributed by atoms with Gasteiger partial charge in [-0.15, -0.1) is 0 Å². The Morgan fingerprint density at radius 2 is 1.52 bits per heavy atom. The van der Waals surface area contributed by atoms with Gasteiger partial charge in [0.15, 0.2) is 5.75 Å². The van der Waals surface area contributed by atoms with Crippen molar-refractivity contribution >= 4 is 23.7 Å². The Bertz CT molecular complexity index is 1930. The zero-order valence-electron chi connectivity index (χ0n) is 32.8. The van der Waals surface area contributed by atoms with E-state index in [9.17, 15) is 45.8 Å². The van der Waals surface area contributed by atoms with Crippen LogP contribution in [0.4, 0.5) is 36.8 Å². The highest BCUT2D eigenvalue weighted by atomic mass is 19.4. The van der Waals surface area contributed by atoms with Crippen LogP contribution in [0.2, 0.25) is 0 Å². The van der Waals surface area contributed by atoms with Crippen molar-refractivity contribution in [1.82, 2.24) is 15.0 Å². The second kappa shape index (κ2) is 22.0. The maximum atomic E-state index is 13.6. The van der Waals surface area contributed by atoms with Crippen LogP contribution in [0.5, 0.6) is 11.6 Å². The van der Waals surface area contributed by atoms with Gasteiger partial charge in [0, 0.05) is 51.4 Å². The number of fused-ring (bicyclic) bond motifs is 1. The molecule has 3 heterocycles. The smallest absolute Gasteiger partial charge is 0.416 e. The van der Waals surface area contributed by atoms with Crippen LogP contribution in [0.15, 0.2) is 36.5 Å². The van der Waals surface area contributed by atoms with Gasteiger partial charge in [0.1, 0.15) is 11.5 Å². The SMILES string of the molecule is CCC1(N)C(c2ncc(OCCCC#N)c(Cc3cc(C(F)(F)F)cc(C(F)(F)F)c3)n2)Cc2nc(OC)ccc2N1C(=O)O.O=C(O)CCCCOCCCCC(=O)O. The molecule has 0 fully saturated rings. The number of hydrogen-bond acceptors (Lipinski definition) is 11. The number of carboxylic acid groups (broad SMARTS) is 3. The van der Waals surface area contributed by atoms with Crippen LogP contribution >= 0.6 is 0 Å². The van der Waals surface area contributed by atoms with E-state index in [1.54, 1.807) is 6.92 Å². The molecule has 2 aromatic heterocycles. The first-order chi connectivity index (χ1) is 28.2. The topological polar surface area (TPSA) is 231 Å². The molecular weight excluding hydrogens is 810 g/mol. The van der Waals surface area contributed by atoms with E-state index in [0.717, 1.165) is 17.7 Å². The first kappa shape index (κ1) is 48.6. The summed E-state index contributed by atoms with van der Waals surface area (Å²) in [6.07, 6.45) is -7.22. The molecule has 2 atom stereocenters. The van der Waals surface area contributed by atoms with Crippen LogP contribution in [0.3, 0.4) is 0 Å². The zero-order valence-corrected chi connectivity index (χ0v) is 32.8. The Balaban J connectivity index is 0.000000544. The molecule has 0 spiro atoms. The number of ether oxygens (including phenoxy) is 3. The summed E-state index contributed by atoms with van der Waals surface area (Å²) in [6, 6.07) is 6.13. The molecule has 15 nitrogen and oxygen atoms in total. The fourth-order valence-electron chi connectivity index (χ4n) is 6.24. The Hall–Kier alpha value is -5.75. The number of hydrogen-bond donors (Lipinski definition) is 4. The van der Waals surface area contributed by atoms with E-state index >= 15 is 0 Å². The molecule has 4 rings (SSSR count). The molecule has 1 aliphatic rings. The highest BCUT2D eigenvalue weighted by Crippen LogP contribution is 2.44. The van der Waals surface area contributed by atoms with E-state index in [2.05, 4.69) is 15.0 Å². The molecule has 5 N–H and O–H groups in total. The number of halogens is 6. The van der Waals surface area contributed by atoms with Crippen LogP contribution in [0.1, 0.15) is 105 Å². The summed E-state index contributed by atoms with van der Waals surface area (Å²) in [6.45, 7) is 2.75. The monoisotopic (exact) mass is 856 g/mol. The Morgan fingerprint density at radius 3 is 2.02 bits per heavy atom. The van der Waals surface area contributed by atoms with Gasteiger partial charge in [0.25, 0.3) is 0 Å². The summed E-state index contributed by atoms with van der Waals surface area (Å²) in [4.78, 5) is 47.0. The maximum Gasteiger partial charge on any atom is 0.416 e. The van der Waals surface area contributed by atoms with Crippen LogP contribution in [0.25, 0.3) is 0 Å². The van der Waals surface area contributed by atoms with Gasteiger partial charge >= 0.3 is 30.4 Å². The third-order valence-corrected chi connectivity index (χ3v) is 9.28. The lowest BCUT2D eigenvalue weighted by molar-refractivity contribution is -0.143. The molecule has 2 unspecified atom stereocenters. The number of aromatic nitrogens is 3. The minimum atomic E-state index is -5.06. The van der Waals surface area contributed by atoms with Crippen LogP contribution < -0.4 is 20.1 Å². The molecular formula is C39H46F6N6O9. The first-order valence-corrected chi connectivity index (χ1v) is 18.8. The third kappa shape index (κ3) is 13.9. The molecule has 0 aliphatic carbocycles. The van der Waals surface area contributed by atoms with E-state index in [1.165, 1.54) is 25.4 Å². The normalized spacial score (nSPS) is 16.2. The third-order valence-electron chi connectivity index (χ3n) is 9.28. The molecule has 1 aromatic carbocycles. The molecule has 0 bridgehead atoms.